The van der Waals surface area contributed by atoms with Crippen LogP contribution in [0.15, 0.2) is 42.5 Å². The molecule has 0 bridgehead atoms. The largest absolute Gasteiger partial charge is 0.493 e. The van der Waals surface area contributed by atoms with Crippen molar-refractivity contribution in [3.05, 3.63) is 53.6 Å². The number of nitrogens with one attached hydrogen (secondary N) is 1. The van der Waals surface area contributed by atoms with Crippen LogP contribution in [0.25, 0.3) is 0 Å². The van der Waals surface area contributed by atoms with E-state index in [1.807, 2.05) is 30.3 Å². The van der Waals surface area contributed by atoms with Crippen molar-refractivity contribution in [1.29, 1.82) is 0 Å². The molecule has 34 heavy (non-hydrogen) atoms. The molecule has 0 aliphatic carbocycles. The number of nitrogens with zero attached hydrogens (tertiary/aromatic N) is 1. The van der Waals surface area contributed by atoms with Gasteiger partial charge in [-0.2, -0.15) is 0 Å². The fourth-order valence-corrected chi connectivity index (χ4v) is 5.70. The fraction of sp³-hybridized carbons (Fsp3) is 0.519. The zero-order chi connectivity index (χ0) is 23.4. The molecular weight excluding hydrogens is 432 g/mol. The Kier molecular flexibility index (Phi) is 6.92. The zero-order valence-electron chi connectivity index (χ0n) is 20.0. The van der Waals surface area contributed by atoms with Gasteiger partial charge in [0.15, 0.2) is 11.5 Å². The van der Waals surface area contributed by atoms with Crippen LogP contribution in [0.1, 0.15) is 36.4 Å². The number of benzene rings is 2. The summed E-state index contributed by atoms with van der Waals surface area (Å²) in [5.41, 5.74) is 2.44. The highest BCUT2D eigenvalue weighted by molar-refractivity contribution is 5.76. The number of amides is 1. The highest BCUT2D eigenvalue weighted by Gasteiger charge is 2.56. The van der Waals surface area contributed by atoms with Gasteiger partial charge in [0.2, 0.25) is 5.91 Å². The van der Waals surface area contributed by atoms with E-state index in [0.29, 0.717) is 32.8 Å². The van der Waals surface area contributed by atoms with Gasteiger partial charge in [-0.15, -0.1) is 0 Å². The van der Waals surface area contributed by atoms with E-state index in [0.717, 1.165) is 34.7 Å². The van der Waals surface area contributed by atoms with Gasteiger partial charge in [-0.25, -0.2) is 0 Å². The molecule has 3 heterocycles. The SMILES string of the molecule is COCCc1ccc(OCCC(=O)N[C@@H]2C[N+]3(CCCC3)C2c2ccc3c(c2)OCCO3)cc1. The standard InChI is InChI=1S/C27H34N2O5/c1-31-14-10-20-4-7-22(8-5-20)32-15-11-26(30)28-23-19-29(12-2-3-13-29)27(23)21-6-9-24-25(18-21)34-17-16-33-24/h4-9,18,23,27H,2-3,10-17,19H2,1H3/p+1/t23-,27?/m1/s1. The molecule has 5 rings (SSSR count). The summed E-state index contributed by atoms with van der Waals surface area (Å²) < 4.78 is 23.5. The zero-order valence-corrected chi connectivity index (χ0v) is 20.0. The smallest absolute Gasteiger partial charge is 0.224 e. The molecule has 1 unspecified atom stereocenters. The van der Waals surface area contributed by atoms with E-state index < -0.39 is 0 Å². The van der Waals surface area contributed by atoms with Crippen LogP contribution in [0.2, 0.25) is 0 Å². The minimum atomic E-state index is 0.0429. The molecule has 182 valence electrons. The maximum Gasteiger partial charge on any atom is 0.224 e. The van der Waals surface area contributed by atoms with Gasteiger partial charge < -0.3 is 28.7 Å². The van der Waals surface area contributed by atoms with Crippen LogP contribution >= 0.6 is 0 Å². The molecule has 1 amide bonds. The van der Waals surface area contributed by atoms with Crippen LogP contribution in [-0.2, 0) is 16.0 Å². The average Bonchev–Trinajstić information content (AvgIpc) is 3.34. The number of carbonyl (C=O) groups excluding carboxylic acids is 1. The summed E-state index contributed by atoms with van der Waals surface area (Å²) in [6.07, 6.45) is 3.72. The number of methoxy groups -OCH3 is 1. The van der Waals surface area contributed by atoms with Crippen molar-refractivity contribution in [2.45, 2.75) is 37.8 Å². The first-order valence-electron chi connectivity index (χ1n) is 12.4. The minimum absolute atomic E-state index is 0.0429. The molecule has 7 nitrogen and oxygen atoms in total. The number of hydrogen-bond acceptors (Lipinski definition) is 5. The quantitative estimate of drug-likeness (QED) is 0.574. The lowest BCUT2D eigenvalue weighted by atomic mass is 9.85. The molecule has 0 aromatic heterocycles. The minimum Gasteiger partial charge on any atom is -0.493 e. The Balaban J connectivity index is 1.17. The van der Waals surface area contributed by atoms with Crippen molar-refractivity contribution >= 4 is 5.91 Å². The Morgan fingerprint density at radius 3 is 2.56 bits per heavy atom. The van der Waals surface area contributed by atoms with Gasteiger partial charge in [-0.1, -0.05) is 12.1 Å². The molecule has 2 aromatic carbocycles. The van der Waals surface area contributed by atoms with E-state index in [4.69, 9.17) is 18.9 Å². The second-order valence-corrected chi connectivity index (χ2v) is 9.56. The lowest BCUT2D eigenvalue weighted by Gasteiger charge is -2.55. The molecular formula is C27H35N2O5+. The highest BCUT2D eigenvalue weighted by atomic mass is 16.6. The van der Waals surface area contributed by atoms with E-state index in [1.54, 1.807) is 7.11 Å². The van der Waals surface area contributed by atoms with Crippen LogP contribution in [0, 0.1) is 0 Å². The molecule has 0 radical (unpaired) electrons. The highest BCUT2D eigenvalue weighted by Crippen LogP contribution is 2.47. The lowest BCUT2D eigenvalue weighted by molar-refractivity contribution is -0.988. The van der Waals surface area contributed by atoms with Gasteiger partial charge in [0.25, 0.3) is 0 Å². The summed E-state index contributed by atoms with van der Waals surface area (Å²) in [6.45, 7) is 5.59. The Morgan fingerprint density at radius 1 is 1.03 bits per heavy atom. The summed E-state index contributed by atoms with van der Waals surface area (Å²) in [7, 11) is 1.71. The molecule has 2 fully saturated rings. The van der Waals surface area contributed by atoms with Crippen LogP contribution in [0.4, 0.5) is 0 Å². The van der Waals surface area contributed by atoms with E-state index in [-0.39, 0.29) is 18.0 Å². The van der Waals surface area contributed by atoms with Gasteiger partial charge in [0, 0.05) is 25.5 Å². The predicted molar refractivity (Wildman–Crippen MR) is 128 cm³/mol. The summed E-state index contributed by atoms with van der Waals surface area (Å²) >= 11 is 0. The average molecular weight is 468 g/mol. The Labute approximate surface area is 201 Å². The molecule has 7 heteroatoms. The van der Waals surface area contributed by atoms with Gasteiger partial charge in [0.1, 0.15) is 37.6 Å². The number of carbonyl (C=O) groups is 1. The molecule has 3 aliphatic rings. The fourth-order valence-electron chi connectivity index (χ4n) is 5.70. The third-order valence-electron chi connectivity index (χ3n) is 7.36. The van der Waals surface area contributed by atoms with Crippen molar-refractivity contribution < 1.29 is 28.2 Å². The molecule has 3 aliphatic heterocycles. The van der Waals surface area contributed by atoms with Crippen molar-refractivity contribution in [1.82, 2.24) is 5.32 Å². The van der Waals surface area contributed by atoms with E-state index in [9.17, 15) is 4.79 Å². The maximum atomic E-state index is 12.8. The van der Waals surface area contributed by atoms with Crippen LogP contribution in [-0.4, -0.2) is 69.6 Å². The predicted octanol–water partition coefficient (Wildman–Crippen LogP) is 3.27. The number of hydrogen-bond donors (Lipinski definition) is 1. The van der Waals surface area contributed by atoms with Gasteiger partial charge >= 0.3 is 0 Å². The molecule has 0 saturated carbocycles. The van der Waals surface area contributed by atoms with Crippen molar-refractivity contribution in [2.24, 2.45) is 0 Å². The molecule has 2 saturated heterocycles. The Bertz CT molecular complexity index is 987. The third-order valence-corrected chi connectivity index (χ3v) is 7.36. The second kappa shape index (κ2) is 10.2. The summed E-state index contributed by atoms with van der Waals surface area (Å²) in [5.74, 6) is 2.46. The van der Waals surface area contributed by atoms with Crippen LogP contribution in [0.5, 0.6) is 17.2 Å². The number of fused-ring (bicyclic) bond motifs is 1. The van der Waals surface area contributed by atoms with Gasteiger partial charge in [-0.05, 0) is 42.3 Å². The first kappa shape index (κ1) is 23.0. The van der Waals surface area contributed by atoms with Crippen LogP contribution in [0.3, 0.4) is 0 Å². The molecule has 2 aromatic rings. The second-order valence-electron chi connectivity index (χ2n) is 9.56. The van der Waals surface area contributed by atoms with Gasteiger partial charge in [-0.3, -0.25) is 4.79 Å². The summed E-state index contributed by atoms with van der Waals surface area (Å²) in [4.78, 5) is 12.8. The molecule has 2 atom stereocenters. The molecule has 1 N–H and O–H groups in total. The topological polar surface area (TPSA) is 66.0 Å². The maximum absolute atomic E-state index is 12.8. The van der Waals surface area contributed by atoms with Crippen molar-refractivity contribution in [2.75, 3.05) is 53.2 Å². The first-order chi connectivity index (χ1) is 16.7. The lowest BCUT2D eigenvalue weighted by Crippen LogP contribution is -2.71. The molecule has 1 spiro atoms. The number of quaternary nitrogens is 1. The number of rotatable bonds is 9. The summed E-state index contributed by atoms with van der Waals surface area (Å²) in [5, 5.41) is 3.29. The normalized spacial score (nSPS) is 22.3. The Hall–Kier alpha value is -2.77. The van der Waals surface area contributed by atoms with Crippen molar-refractivity contribution in [3.63, 3.8) is 0 Å². The Morgan fingerprint density at radius 2 is 1.79 bits per heavy atom. The van der Waals surface area contributed by atoms with E-state index in [2.05, 4.69) is 17.4 Å². The van der Waals surface area contributed by atoms with E-state index in [1.165, 1.54) is 37.1 Å². The van der Waals surface area contributed by atoms with Crippen molar-refractivity contribution in [3.8, 4) is 17.2 Å². The van der Waals surface area contributed by atoms with Crippen LogP contribution < -0.4 is 19.5 Å². The number of ether oxygens (including phenoxy) is 4. The third kappa shape index (κ3) is 4.86. The van der Waals surface area contributed by atoms with E-state index >= 15 is 0 Å². The first-order valence-corrected chi connectivity index (χ1v) is 12.4. The monoisotopic (exact) mass is 467 g/mol. The van der Waals surface area contributed by atoms with Gasteiger partial charge in [0.05, 0.1) is 32.7 Å². The summed E-state index contributed by atoms with van der Waals surface area (Å²) in [6, 6.07) is 14.7.